The molecule has 0 saturated carbocycles. The minimum Gasteiger partial charge on any atom is -0.384 e. The highest BCUT2D eigenvalue weighted by Gasteiger charge is 2.61. The Bertz CT molecular complexity index is 585. The number of hydrogen-bond acceptors (Lipinski definition) is 2. The second-order valence-electron chi connectivity index (χ2n) is 5.72. The van der Waals surface area contributed by atoms with Crippen molar-refractivity contribution in [3.8, 4) is 0 Å². The van der Waals surface area contributed by atoms with Crippen LogP contribution in [0.15, 0.2) is 35.4 Å². The average molecular weight is 242 g/mol. The Kier molecular flexibility index (Phi) is 2.16. The lowest BCUT2D eigenvalue weighted by Gasteiger charge is -2.45. The summed E-state index contributed by atoms with van der Waals surface area (Å²) in [4.78, 5) is 12.6. The van der Waals surface area contributed by atoms with Gasteiger partial charge in [-0.25, -0.2) is 0 Å². The van der Waals surface area contributed by atoms with Crippen LogP contribution in [-0.4, -0.2) is 16.5 Å². The van der Waals surface area contributed by atoms with Crippen LogP contribution in [-0.2, 0) is 16.6 Å². The van der Waals surface area contributed by atoms with Crippen molar-refractivity contribution in [1.29, 1.82) is 0 Å². The van der Waals surface area contributed by atoms with Gasteiger partial charge in [-0.05, 0) is 55.9 Å². The van der Waals surface area contributed by atoms with Crippen molar-refractivity contribution in [1.82, 2.24) is 0 Å². The zero-order valence-electron chi connectivity index (χ0n) is 11.1. The molecule has 2 nitrogen and oxygen atoms in total. The molecule has 0 saturated heterocycles. The molecular formula is C16H18O2. The predicted molar refractivity (Wildman–Crippen MR) is 70.4 cm³/mol. The van der Waals surface area contributed by atoms with Crippen LogP contribution in [0.2, 0.25) is 0 Å². The zero-order chi connectivity index (χ0) is 13.1. The summed E-state index contributed by atoms with van der Waals surface area (Å²) >= 11 is 0. The maximum Gasteiger partial charge on any atom is 0.172 e. The lowest BCUT2D eigenvalue weighted by atomic mass is 9.61. The standard InChI is InChI=1S/C16H18O2/c1-10-11(2)16(18)9-8-12-6-4-5-7-13(12)15(16,3)14(10)17/h4-7,18H,8-9H2,1-3H3/t15-,16-/m0/s1. The van der Waals surface area contributed by atoms with Crippen molar-refractivity contribution >= 4 is 5.78 Å². The molecule has 2 aliphatic rings. The van der Waals surface area contributed by atoms with E-state index < -0.39 is 11.0 Å². The van der Waals surface area contributed by atoms with Crippen molar-refractivity contribution in [3.63, 3.8) is 0 Å². The van der Waals surface area contributed by atoms with Crippen LogP contribution in [0, 0.1) is 0 Å². The van der Waals surface area contributed by atoms with Crippen LogP contribution in [0.4, 0.5) is 0 Å². The maximum absolute atomic E-state index is 12.6. The third-order valence-electron chi connectivity index (χ3n) is 5.12. The third kappa shape index (κ3) is 1.05. The van der Waals surface area contributed by atoms with E-state index in [9.17, 15) is 9.90 Å². The fourth-order valence-electron chi connectivity index (χ4n) is 3.74. The van der Waals surface area contributed by atoms with E-state index in [1.54, 1.807) is 0 Å². The normalized spacial score (nSPS) is 34.6. The number of Topliss-reactive ketones (excluding diaryl/α,β-unsaturated/α-hetero) is 1. The van der Waals surface area contributed by atoms with Crippen LogP contribution >= 0.6 is 0 Å². The van der Waals surface area contributed by atoms with E-state index in [1.165, 1.54) is 5.56 Å². The molecule has 0 bridgehead atoms. The molecule has 0 aromatic heterocycles. The molecule has 0 fully saturated rings. The number of aliphatic hydroxyl groups is 1. The van der Waals surface area contributed by atoms with Crippen LogP contribution in [0.25, 0.3) is 0 Å². The first-order valence-corrected chi connectivity index (χ1v) is 6.46. The SMILES string of the molecule is CC1=C(C)[C@@]2(O)CCc3ccccc3[C@@]2(C)C1=O. The van der Waals surface area contributed by atoms with Gasteiger partial charge in [0.15, 0.2) is 5.78 Å². The number of ketones is 1. The first-order chi connectivity index (χ1) is 8.43. The van der Waals surface area contributed by atoms with Crippen LogP contribution in [0.1, 0.15) is 38.3 Å². The average Bonchev–Trinajstić information content (AvgIpc) is 2.52. The van der Waals surface area contributed by atoms with E-state index in [4.69, 9.17) is 0 Å². The van der Waals surface area contributed by atoms with Gasteiger partial charge in [0.2, 0.25) is 0 Å². The van der Waals surface area contributed by atoms with Crippen molar-refractivity contribution in [2.45, 2.75) is 44.6 Å². The number of carbonyl (C=O) groups is 1. The summed E-state index contributed by atoms with van der Waals surface area (Å²) in [5.74, 6) is 0.0784. The van der Waals surface area contributed by atoms with Crippen LogP contribution < -0.4 is 0 Å². The van der Waals surface area contributed by atoms with E-state index >= 15 is 0 Å². The Morgan fingerprint density at radius 3 is 2.61 bits per heavy atom. The molecule has 2 atom stereocenters. The van der Waals surface area contributed by atoms with Gasteiger partial charge in [0.1, 0.15) is 5.60 Å². The number of fused-ring (bicyclic) bond motifs is 3. The van der Waals surface area contributed by atoms with Gasteiger partial charge in [0, 0.05) is 0 Å². The monoisotopic (exact) mass is 242 g/mol. The molecule has 1 aromatic carbocycles. The number of allylic oxidation sites excluding steroid dienone is 1. The molecule has 2 heteroatoms. The smallest absolute Gasteiger partial charge is 0.172 e. The highest BCUT2D eigenvalue weighted by Crippen LogP contribution is 2.54. The Hall–Kier alpha value is -1.41. The van der Waals surface area contributed by atoms with Gasteiger partial charge in [-0.15, -0.1) is 0 Å². The molecule has 0 amide bonds. The summed E-state index contributed by atoms with van der Waals surface area (Å²) in [6.07, 6.45) is 1.47. The van der Waals surface area contributed by atoms with Crippen molar-refractivity contribution in [2.75, 3.05) is 0 Å². The predicted octanol–water partition coefficient (Wildman–Crippen LogP) is 2.54. The summed E-state index contributed by atoms with van der Waals surface area (Å²) in [6, 6.07) is 8.00. The van der Waals surface area contributed by atoms with E-state index in [2.05, 4.69) is 6.07 Å². The lowest BCUT2D eigenvalue weighted by molar-refractivity contribution is -0.126. The second-order valence-corrected chi connectivity index (χ2v) is 5.72. The molecule has 0 radical (unpaired) electrons. The van der Waals surface area contributed by atoms with E-state index in [1.807, 2.05) is 39.0 Å². The number of hydrogen-bond donors (Lipinski definition) is 1. The largest absolute Gasteiger partial charge is 0.384 e. The number of aryl methyl sites for hydroxylation is 1. The number of rotatable bonds is 0. The van der Waals surface area contributed by atoms with Gasteiger partial charge in [-0.2, -0.15) is 0 Å². The highest BCUT2D eigenvalue weighted by molar-refractivity contribution is 6.08. The topological polar surface area (TPSA) is 37.3 Å². The molecule has 18 heavy (non-hydrogen) atoms. The fraction of sp³-hybridized carbons (Fsp3) is 0.438. The molecule has 1 N–H and O–H groups in total. The quantitative estimate of drug-likeness (QED) is 0.759. The Balaban J connectivity index is 2.32. The number of benzene rings is 1. The summed E-state index contributed by atoms with van der Waals surface area (Å²) in [6.45, 7) is 5.63. The van der Waals surface area contributed by atoms with Crippen LogP contribution in [0.5, 0.6) is 0 Å². The summed E-state index contributed by atoms with van der Waals surface area (Å²) in [5.41, 5.74) is 1.99. The zero-order valence-corrected chi connectivity index (χ0v) is 11.1. The van der Waals surface area contributed by atoms with E-state index in [-0.39, 0.29) is 5.78 Å². The molecule has 0 unspecified atom stereocenters. The van der Waals surface area contributed by atoms with E-state index in [0.29, 0.717) is 6.42 Å². The van der Waals surface area contributed by atoms with Crippen molar-refractivity contribution in [3.05, 3.63) is 46.5 Å². The summed E-state index contributed by atoms with van der Waals surface area (Å²) in [7, 11) is 0. The molecule has 3 rings (SSSR count). The van der Waals surface area contributed by atoms with Gasteiger partial charge in [-0.3, -0.25) is 4.79 Å². The van der Waals surface area contributed by atoms with Gasteiger partial charge in [0.25, 0.3) is 0 Å². The molecule has 94 valence electrons. The third-order valence-corrected chi connectivity index (χ3v) is 5.12. The Morgan fingerprint density at radius 2 is 1.89 bits per heavy atom. The fourth-order valence-corrected chi connectivity index (χ4v) is 3.74. The molecular weight excluding hydrogens is 224 g/mol. The number of carbonyl (C=O) groups excluding carboxylic acids is 1. The van der Waals surface area contributed by atoms with Gasteiger partial charge in [-0.1, -0.05) is 24.3 Å². The van der Waals surface area contributed by atoms with Gasteiger partial charge >= 0.3 is 0 Å². The van der Waals surface area contributed by atoms with Crippen molar-refractivity contribution < 1.29 is 9.90 Å². The second kappa shape index (κ2) is 3.33. The highest BCUT2D eigenvalue weighted by atomic mass is 16.3. The van der Waals surface area contributed by atoms with Gasteiger partial charge < -0.3 is 5.11 Å². The molecule has 0 heterocycles. The minimum atomic E-state index is -0.997. The maximum atomic E-state index is 12.6. The minimum absolute atomic E-state index is 0.0784. The first kappa shape index (κ1) is 11.7. The molecule has 0 aliphatic heterocycles. The van der Waals surface area contributed by atoms with Crippen LogP contribution in [0.3, 0.4) is 0 Å². The molecule has 2 aliphatic carbocycles. The Morgan fingerprint density at radius 1 is 1.22 bits per heavy atom. The first-order valence-electron chi connectivity index (χ1n) is 6.46. The van der Waals surface area contributed by atoms with E-state index in [0.717, 1.165) is 23.1 Å². The molecule has 0 spiro atoms. The lowest BCUT2D eigenvalue weighted by Crippen LogP contribution is -2.54. The summed E-state index contributed by atoms with van der Waals surface area (Å²) < 4.78 is 0. The summed E-state index contributed by atoms with van der Waals surface area (Å²) in [5, 5.41) is 11.0. The van der Waals surface area contributed by atoms with Gasteiger partial charge in [0.05, 0.1) is 5.41 Å². The molecule has 1 aromatic rings. The van der Waals surface area contributed by atoms with Crippen molar-refractivity contribution in [2.24, 2.45) is 0 Å². The Labute approximate surface area is 107 Å².